The quantitative estimate of drug-likeness (QED) is 0.579. The predicted molar refractivity (Wildman–Crippen MR) is 93.3 cm³/mol. The van der Waals surface area contributed by atoms with E-state index in [4.69, 9.17) is 16.3 Å². The van der Waals surface area contributed by atoms with Crippen molar-refractivity contribution in [3.8, 4) is 0 Å². The van der Waals surface area contributed by atoms with Crippen molar-refractivity contribution in [1.29, 1.82) is 0 Å². The number of alkyl halides is 3. The number of hydrogen-bond acceptors (Lipinski definition) is 3. The van der Waals surface area contributed by atoms with Gasteiger partial charge in [0.1, 0.15) is 0 Å². The summed E-state index contributed by atoms with van der Waals surface area (Å²) in [4.78, 5) is 11.5. The van der Waals surface area contributed by atoms with Crippen molar-refractivity contribution in [3.05, 3.63) is 70.2 Å². The third-order valence-corrected chi connectivity index (χ3v) is 3.64. The summed E-state index contributed by atoms with van der Waals surface area (Å²) >= 11 is 5.87. The summed E-state index contributed by atoms with van der Waals surface area (Å²) in [6.07, 6.45) is -4.89. The number of carbonyl (C=O) groups excluding carboxylic acids is 1. The third-order valence-electron chi connectivity index (χ3n) is 3.39. The number of nitrogens with one attached hydrogen (secondary N) is 1. The SMILES string of the molecule is CCOC(=O)NN=C(Cc1ccc(C(F)(F)F)cc1)c1ccc(Cl)cc1. The summed E-state index contributed by atoms with van der Waals surface area (Å²) in [5.41, 5.74) is 3.27. The van der Waals surface area contributed by atoms with Crippen LogP contribution < -0.4 is 5.43 Å². The zero-order valence-electron chi connectivity index (χ0n) is 13.8. The molecular formula is C18H16ClF3N2O2. The maximum atomic E-state index is 12.7. The number of carbonyl (C=O) groups is 1. The minimum absolute atomic E-state index is 0.191. The lowest BCUT2D eigenvalue weighted by Crippen LogP contribution is -2.22. The molecule has 0 spiro atoms. The fourth-order valence-electron chi connectivity index (χ4n) is 2.13. The first-order chi connectivity index (χ1) is 12.3. The largest absolute Gasteiger partial charge is 0.449 e. The highest BCUT2D eigenvalue weighted by Crippen LogP contribution is 2.29. The van der Waals surface area contributed by atoms with Crippen molar-refractivity contribution in [3.63, 3.8) is 0 Å². The van der Waals surface area contributed by atoms with E-state index in [1.165, 1.54) is 12.1 Å². The smallest absolute Gasteiger partial charge is 0.427 e. The van der Waals surface area contributed by atoms with E-state index >= 15 is 0 Å². The molecule has 0 bridgehead atoms. The van der Waals surface area contributed by atoms with Gasteiger partial charge in [0.2, 0.25) is 0 Å². The van der Waals surface area contributed by atoms with E-state index in [1.54, 1.807) is 31.2 Å². The molecule has 0 radical (unpaired) electrons. The van der Waals surface area contributed by atoms with E-state index in [0.29, 0.717) is 21.9 Å². The molecule has 8 heteroatoms. The van der Waals surface area contributed by atoms with E-state index in [2.05, 4.69) is 10.5 Å². The molecule has 0 unspecified atom stereocenters. The summed E-state index contributed by atoms with van der Waals surface area (Å²) in [6.45, 7) is 1.85. The number of nitrogens with zero attached hydrogens (tertiary/aromatic N) is 1. The van der Waals surface area contributed by atoms with Gasteiger partial charge in [0, 0.05) is 11.4 Å². The molecular weight excluding hydrogens is 369 g/mol. The Morgan fingerprint density at radius 1 is 1.12 bits per heavy atom. The first-order valence-corrected chi connectivity index (χ1v) is 8.08. The van der Waals surface area contributed by atoms with E-state index in [1.807, 2.05) is 0 Å². The molecule has 0 aliphatic rings. The molecule has 138 valence electrons. The van der Waals surface area contributed by atoms with Crippen LogP contribution in [0.3, 0.4) is 0 Å². The third kappa shape index (κ3) is 5.77. The minimum Gasteiger partial charge on any atom is -0.449 e. The van der Waals surface area contributed by atoms with E-state index in [9.17, 15) is 18.0 Å². The van der Waals surface area contributed by atoms with Crippen LogP contribution in [-0.4, -0.2) is 18.4 Å². The van der Waals surface area contributed by atoms with Gasteiger partial charge >= 0.3 is 12.3 Å². The Hall–Kier alpha value is -2.54. The van der Waals surface area contributed by atoms with Crippen LogP contribution in [0.25, 0.3) is 0 Å². The summed E-state index contributed by atoms with van der Waals surface area (Å²) < 4.78 is 42.8. The summed E-state index contributed by atoms with van der Waals surface area (Å²) in [6, 6.07) is 11.5. The molecule has 0 aromatic heterocycles. The zero-order valence-corrected chi connectivity index (χ0v) is 14.6. The predicted octanol–water partition coefficient (Wildman–Crippen LogP) is 5.05. The summed E-state index contributed by atoms with van der Waals surface area (Å²) in [5, 5.41) is 4.56. The van der Waals surface area contributed by atoms with Gasteiger partial charge in [-0.1, -0.05) is 35.9 Å². The molecule has 26 heavy (non-hydrogen) atoms. The second-order valence-corrected chi connectivity index (χ2v) is 5.71. The van der Waals surface area contributed by atoms with Crippen LogP contribution in [0.2, 0.25) is 5.02 Å². The lowest BCUT2D eigenvalue weighted by Gasteiger charge is -2.10. The van der Waals surface area contributed by atoms with Gasteiger partial charge in [-0.25, -0.2) is 10.2 Å². The van der Waals surface area contributed by atoms with Gasteiger partial charge < -0.3 is 4.74 Å². The molecule has 2 rings (SSSR count). The maximum absolute atomic E-state index is 12.7. The highest BCUT2D eigenvalue weighted by molar-refractivity contribution is 6.30. The van der Waals surface area contributed by atoms with Crippen molar-refractivity contribution in [2.24, 2.45) is 5.10 Å². The van der Waals surface area contributed by atoms with Gasteiger partial charge in [0.15, 0.2) is 0 Å². The van der Waals surface area contributed by atoms with E-state index < -0.39 is 17.8 Å². The van der Waals surface area contributed by atoms with E-state index in [0.717, 1.165) is 12.1 Å². The fourth-order valence-corrected chi connectivity index (χ4v) is 2.26. The number of hydrazone groups is 1. The van der Waals surface area contributed by atoms with Crippen LogP contribution in [0, 0.1) is 0 Å². The second-order valence-electron chi connectivity index (χ2n) is 5.27. The minimum atomic E-state index is -4.39. The fraction of sp³-hybridized carbons (Fsp3) is 0.222. The molecule has 1 amide bonds. The average molecular weight is 385 g/mol. The highest BCUT2D eigenvalue weighted by atomic mass is 35.5. The van der Waals surface area contributed by atoms with Crippen LogP contribution in [0.15, 0.2) is 53.6 Å². The molecule has 0 saturated heterocycles. The molecule has 0 aliphatic carbocycles. The topological polar surface area (TPSA) is 50.7 Å². The molecule has 2 aromatic rings. The molecule has 0 aliphatic heterocycles. The van der Waals surface area contributed by atoms with Gasteiger partial charge in [-0.3, -0.25) is 0 Å². The molecule has 0 fully saturated rings. The summed E-state index contributed by atoms with van der Waals surface area (Å²) in [7, 11) is 0. The van der Waals surface area contributed by atoms with Crippen molar-refractivity contribution in [2.45, 2.75) is 19.5 Å². The first-order valence-electron chi connectivity index (χ1n) is 7.71. The second kappa shape index (κ2) is 8.71. The number of benzene rings is 2. The maximum Gasteiger partial charge on any atom is 0.427 e. The van der Waals surface area contributed by atoms with Gasteiger partial charge in [0.25, 0.3) is 0 Å². The molecule has 2 aromatic carbocycles. The van der Waals surface area contributed by atoms with Crippen molar-refractivity contribution < 1.29 is 22.7 Å². The van der Waals surface area contributed by atoms with E-state index in [-0.39, 0.29) is 13.0 Å². The van der Waals surface area contributed by atoms with Gasteiger partial charge in [-0.2, -0.15) is 18.3 Å². The number of amides is 1. The van der Waals surface area contributed by atoms with Crippen LogP contribution in [0.5, 0.6) is 0 Å². The lowest BCUT2D eigenvalue weighted by molar-refractivity contribution is -0.137. The molecule has 1 N–H and O–H groups in total. The van der Waals surface area contributed by atoms with Gasteiger partial charge in [-0.15, -0.1) is 0 Å². The summed E-state index contributed by atoms with van der Waals surface area (Å²) in [5.74, 6) is 0. The highest BCUT2D eigenvalue weighted by Gasteiger charge is 2.29. The number of rotatable bonds is 5. The van der Waals surface area contributed by atoms with Crippen LogP contribution in [0.4, 0.5) is 18.0 Å². The zero-order chi connectivity index (χ0) is 19.2. The number of halogens is 4. The van der Waals surface area contributed by atoms with Crippen LogP contribution >= 0.6 is 11.6 Å². The van der Waals surface area contributed by atoms with Crippen LogP contribution in [-0.2, 0) is 17.3 Å². The normalized spacial score (nSPS) is 12.0. The molecule has 0 saturated carbocycles. The Bertz CT molecular complexity index is 773. The Morgan fingerprint density at radius 3 is 2.27 bits per heavy atom. The molecule has 4 nitrogen and oxygen atoms in total. The molecule has 0 atom stereocenters. The Balaban J connectivity index is 2.24. The van der Waals surface area contributed by atoms with Gasteiger partial charge in [-0.05, 0) is 42.3 Å². The monoisotopic (exact) mass is 384 g/mol. The van der Waals surface area contributed by atoms with Gasteiger partial charge in [0.05, 0.1) is 17.9 Å². The standard InChI is InChI=1S/C18H16ClF3N2O2/c1-2-26-17(25)24-23-16(13-5-9-15(19)10-6-13)11-12-3-7-14(8-4-12)18(20,21)22/h3-10H,2,11H2,1H3,(H,24,25). The van der Waals surface area contributed by atoms with Crippen molar-refractivity contribution in [2.75, 3.05) is 6.61 Å². The Labute approximate surface area is 153 Å². The Kier molecular flexibility index (Phi) is 6.63. The first kappa shape index (κ1) is 19.8. The van der Waals surface area contributed by atoms with Crippen LogP contribution in [0.1, 0.15) is 23.6 Å². The average Bonchev–Trinajstić information content (AvgIpc) is 2.59. The lowest BCUT2D eigenvalue weighted by atomic mass is 10.0. The molecule has 0 heterocycles. The van der Waals surface area contributed by atoms with Crippen molar-refractivity contribution in [1.82, 2.24) is 5.43 Å². The van der Waals surface area contributed by atoms with Crippen molar-refractivity contribution >= 4 is 23.4 Å². The number of ether oxygens (including phenoxy) is 1. The number of hydrogen-bond donors (Lipinski definition) is 1. The Morgan fingerprint density at radius 2 is 1.73 bits per heavy atom.